The molecule has 3 rings (SSSR count). The first-order valence-electron chi connectivity index (χ1n) is 5.19. The van der Waals surface area contributed by atoms with Crippen molar-refractivity contribution in [3.05, 3.63) is 12.2 Å². The molecular formula is C11H14O3. The molecule has 76 valence electrons. The summed E-state index contributed by atoms with van der Waals surface area (Å²) >= 11 is 0. The van der Waals surface area contributed by atoms with Crippen LogP contribution in [-0.4, -0.2) is 25.8 Å². The number of cyclic esters (lactones) is 1. The molecular weight excluding hydrogens is 180 g/mol. The fourth-order valence-corrected chi connectivity index (χ4v) is 3.31. The van der Waals surface area contributed by atoms with Gasteiger partial charge in [0.25, 0.3) is 0 Å². The normalized spacial score (nSPS) is 48.4. The van der Waals surface area contributed by atoms with Gasteiger partial charge in [0.1, 0.15) is 6.10 Å². The van der Waals surface area contributed by atoms with Crippen LogP contribution in [0.3, 0.4) is 0 Å². The number of carbonyl (C=O) groups excluding carboxylic acids is 1. The number of methoxy groups -OCH3 is 1. The molecule has 0 spiro atoms. The Morgan fingerprint density at radius 2 is 2.29 bits per heavy atom. The van der Waals surface area contributed by atoms with Crippen molar-refractivity contribution in [3.63, 3.8) is 0 Å². The summed E-state index contributed by atoms with van der Waals surface area (Å²) in [5.74, 6) is 1.51. The third-order valence-electron chi connectivity index (χ3n) is 3.82. The lowest BCUT2D eigenvalue weighted by atomic mass is 9.82. The highest BCUT2D eigenvalue weighted by atomic mass is 16.6. The molecule has 0 radical (unpaired) electrons. The Bertz CT molecular complexity index is 297. The summed E-state index contributed by atoms with van der Waals surface area (Å²) in [5.41, 5.74) is 0. The van der Waals surface area contributed by atoms with Crippen molar-refractivity contribution in [1.82, 2.24) is 0 Å². The van der Waals surface area contributed by atoms with E-state index in [-0.39, 0.29) is 18.0 Å². The van der Waals surface area contributed by atoms with Gasteiger partial charge >= 0.3 is 5.97 Å². The van der Waals surface area contributed by atoms with Gasteiger partial charge in [0.15, 0.2) is 0 Å². The monoisotopic (exact) mass is 194 g/mol. The number of hydrogen-bond donors (Lipinski definition) is 0. The SMILES string of the molecule is COC[C@@H]1OC(=O)[C@@H]2[C@H]1[C@H]1C=C[C@@H]2C1. The Hall–Kier alpha value is -0.830. The van der Waals surface area contributed by atoms with Crippen molar-refractivity contribution in [2.45, 2.75) is 12.5 Å². The van der Waals surface area contributed by atoms with Crippen molar-refractivity contribution in [2.24, 2.45) is 23.7 Å². The van der Waals surface area contributed by atoms with E-state index in [1.54, 1.807) is 7.11 Å². The highest BCUT2D eigenvalue weighted by Gasteiger charge is 2.57. The largest absolute Gasteiger partial charge is 0.459 e. The first-order valence-corrected chi connectivity index (χ1v) is 5.19. The average molecular weight is 194 g/mol. The van der Waals surface area contributed by atoms with Gasteiger partial charge in [-0.25, -0.2) is 0 Å². The second-order valence-corrected chi connectivity index (χ2v) is 4.48. The smallest absolute Gasteiger partial charge is 0.310 e. The van der Waals surface area contributed by atoms with E-state index in [0.29, 0.717) is 24.4 Å². The van der Waals surface area contributed by atoms with Crippen molar-refractivity contribution in [2.75, 3.05) is 13.7 Å². The average Bonchev–Trinajstić information content (AvgIpc) is 2.80. The van der Waals surface area contributed by atoms with Crippen molar-refractivity contribution in [3.8, 4) is 0 Å². The zero-order chi connectivity index (χ0) is 9.71. The maximum absolute atomic E-state index is 11.6. The number of allylic oxidation sites excluding steroid dienone is 2. The fraction of sp³-hybridized carbons (Fsp3) is 0.727. The topological polar surface area (TPSA) is 35.5 Å². The molecule has 3 aliphatic rings. The number of esters is 1. The molecule has 1 heterocycles. The number of ether oxygens (including phenoxy) is 2. The molecule has 3 heteroatoms. The molecule has 3 nitrogen and oxygen atoms in total. The second-order valence-electron chi connectivity index (χ2n) is 4.48. The van der Waals surface area contributed by atoms with Gasteiger partial charge in [0.2, 0.25) is 0 Å². The van der Waals surface area contributed by atoms with E-state index in [2.05, 4.69) is 12.2 Å². The number of carbonyl (C=O) groups is 1. The Kier molecular flexibility index (Phi) is 1.71. The number of rotatable bonds is 2. The molecule has 5 atom stereocenters. The highest BCUT2D eigenvalue weighted by molar-refractivity contribution is 5.77. The summed E-state index contributed by atoms with van der Waals surface area (Å²) in [6, 6.07) is 0. The van der Waals surface area contributed by atoms with Crippen LogP contribution in [-0.2, 0) is 14.3 Å². The quantitative estimate of drug-likeness (QED) is 0.486. The predicted octanol–water partition coefficient (Wildman–Crippen LogP) is 0.997. The Morgan fingerprint density at radius 1 is 1.50 bits per heavy atom. The van der Waals surface area contributed by atoms with Crippen LogP contribution in [0, 0.1) is 23.7 Å². The van der Waals surface area contributed by atoms with E-state index in [4.69, 9.17) is 9.47 Å². The summed E-state index contributed by atoms with van der Waals surface area (Å²) < 4.78 is 10.4. The van der Waals surface area contributed by atoms with Crippen LogP contribution in [0.1, 0.15) is 6.42 Å². The molecule has 1 aliphatic heterocycles. The number of fused-ring (bicyclic) bond motifs is 5. The molecule has 0 aromatic carbocycles. The predicted molar refractivity (Wildman–Crippen MR) is 49.5 cm³/mol. The lowest BCUT2D eigenvalue weighted by molar-refractivity contribution is -0.146. The van der Waals surface area contributed by atoms with E-state index < -0.39 is 0 Å². The van der Waals surface area contributed by atoms with Crippen LogP contribution in [0.15, 0.2) is 12.2 Å². The molecule has 0 aromatic heterocycles. The minimum absolute atomic E-state index is 0.00236. The Balaban J connectivity index is 1.88. The van der Waals surface area contributed by atoms with E-state index in [1.807, 2.05) is 0 Å². The van der Waals surface area contributed by atoms with Gasteiger partial charge in [-0.05, 0) is 18.3 Å². The summed E-state index contributed by atoms with van der Waals surface area (Å²) in [6.07, 6.45) is 5.57. The van der Waals surface area contributed by atoms with Gasteiger partial charge < -0.3 is 9.47 Å². The summed E-state index contributed by atoms with van der Waals surface area (Å²) in [4.78, 5) is 11.6. The maximum atomic E-state index is 11.6. The standard InChI is InChI=1S/C11H14O3/c1-13-5-8-9-6-2-3-7(4-6)10(9)11(12)14-8/h2-3,6-10H,4-5H2,1H3/t6-,7+,8-,9-,10-/m0/s1. The van der Waals surface area contributed by atoms with Gasteiger partial charge in [-0.3, -0.25) is 4.79 Å². The van der Waals surface area contributed by atoms with Gasteiger partial charge in [0.05, 0.1) is 12.5 Å². The van der Waals surface area contributed by atoms with Gasteiger partial charge in [0, 0.05) is 13.0 Å². The van der Waals surface area contributed by atoms with E-state index >= 15 is 0 Å². The molecule has 2 fully saturated rings. The fourth-order valence-electron chi connectivity index (χ4n) is 3.31. The first kappa shape index (κ1) is 8.48. The van der Waals surface area contributed by atoms with Crippen LogP contribution in [0.5, 0.6) is 0 Å². The molecule has 1 saturated heterocycles. The van der Waals surface area contributed by atoms with Crippen LogP contribution in [0.25, 0.3) is 0 Å². The zero-order valence-corrected chi connectivity index (χ0v) is 8.18. The summed E-state index contributed by atoms with van der Waals surface area (Å²) in [6.45, 7) is 0.546. The lowest BCUT2D eigenvalue weighted by Gasteiger charge is -2.21. The van der Waals surface area contributed by atoms with Gasteiger partial charge in [-0.2, -0.15) is 0 Å². The van der Waals surface area contributed by atoms with Crippen molar-refractivity contribution in [1.29, 1.82) is 0 Å². The van der Waals surface area contributed by atoms with Crippen molar-refractivity contribution >= 4 is 5.97 Å². The second kappa shape index (κ2) is 2.83. The van der Waals surface area contributed by atoms with E-state index in [0.717, 1.165) is 6.42 Å². The minimum atomic E-state index is -0.00565. The number of hydrogen-bond acceptors (Lipinski definition) is 3. The molecule has 0 N–H and O–H groups in total. The minimum Gasteiger partial charge on any atom is -0.459 e. The summed E-state index contributed by atoms with van der Waals surface area (Å²) in [5, 5.41) is 0. The van der Waals surface area contributed by atoms with Crippen LogP contribution < -0.4 is 0 Å². The third kappa shape index (κ3) is 0.934. The Morgan fingerprint density at radius 3 is 3.07 bits per heavy atom. The molecule has 0 amide bonds. The first-order chi connectivity index (χ1) is 6.81. The molecule has 0 aromatic rings. The maximum Gasteiger partial charge on any atom is 0.310 e. The van der Waals surface area contributed by atoms with Crippen LogP contribution in [0.4, 0.5) is 0 Å². The van der Waals surface area contributed by atoms with E-state index in [9.17, 15) is 4.79 Å². The Labute approximate surface area is 83.1 Å². The molecule has 2 bridgehead atoms. The molecule has 1 saturated carbocycles. The highest BCUT2D eigenvalue weighted by Crippen LogP contribution is 2.53. The molecule has 2 aliphatic carbocycles. The summed E-state index contributed by atoms with van der Waals surface area (Å²) in [7, 11) is 1.66. The van der Waals surface area contributed by atoms with Crippen molar-refractivity contribution < 1.29 is 14.3 Å². The molecule has 0 unspecified atom stereocenters. The van der Waals surface area contributed by atoms with Crippen LogP contribution in [0.2, 0.25) is 0 Å². The van der Waals surface area contributed by atoms with Gasteiger partial charge in [-0.15, -0.1) is 0 Å². The zero-order valence-electron chi connectivity index (χ0n) is 8.18. The lowest BCUT2D eigenvalue weighted by Crippen LogP contribution is -2.28. The van der Waals surface area contributed by atoms with E-state index in [1.165, 1.54) is 0 Å². The van der Waals surface area contributed by atoms with Gasteiger partial charge in [-0.1, -0.05) is 12.2 Å². The molecule has 14 heavy (non-hydrogen) atoms. The van der Waals surface area contributed by atoms with Crippen LogP contribution >= 0.6 is 0 Å². The third-order valence-corrected chi connectivity index (χ3v) is 3.82.